The average molecular weight is 610 g/mol. The Morgan fingerprint density at radius 3 is 1.58 bits per heavy atom. The molecule has 2 bridgehead atoms. The van der Waals surface area contributed by atoms with Crippen molar-refractivity contribution in [3.63, 3.8) is 0 Å². The summed E-state index contributed by atoms with van der Waals surface area (Å²) in [7, 11) is 0. The van der Waals surface area contributed by atoms with Gasteiger partial charge in [0.25, 0.3) is 0 Å². The van der Waals surface area contributed by atoms with Crippen LogP contribution in [0.4, 0.5) is 5.69 Å². The number of alkyl halides is 2. The van der Waals surface area contributed by atoms with Crippen LogP contribution in [-0.2, 0) is 24.1 Å². The first kappa shape index (κ1) is 27.6. The van der Waals surface area contributed by atoms with Gasteiger partial charge in [0.05, 0.1) is 23.1 Å². The van der Waals surface area contributed by atoms with Crippen LogP contribution in [0, 0.1) is 11.8 Å². The Morgan fingerprint density at radius 2 is 1.14 bits per heavy atom. The molecule has 3 aliphatic carbocycles. The molecule has 2 amide bonds. The van der Waals surface area contributed by atoms with Crippen LogP contribution in [-0.4, -0.2) is 29.7 Å². The summed E-state index contributed by atoms with van der Waals surface area (Å²) in [6.45, 7) is 1.77. The monoisotopic (exact) mass is 609 g/mol. The van der Waals surface area contributed by atoms with E-state index >= 15 is 0 Å². The van der Waals surface area contributed by atoms with Crippen molar-refractivity contribution >= 4 is 52.5 Å². The summed E-state index contributed by atoms with van der Waals surface area (Å²) in [6.07, 6.45) is -0.639. The molecule has 3 atom stereocenters. The van der Waals surface area contributed by atoms with E-state index in [1.807, 2.05) is 48.5 Å². The Kier molecular flexibility index (Phi) is 6.35. The van der Waals surface area contributed by atoms with E-state index in [0.29, 0.717) is 17.7 Å². The molecule has 6 nitrogen and oxygen atoms in total. The molecule has 4 aromatic carbocycles. The van der Waals surface area contributed by atoms with Gasteiger partial charge in [0.15, 0.2) is 6.10 Å². The lowest BCUT2D eigenvalue weighted by Crippen LogP contribution is -2.57. The number of benzene rings is 4. The number of rotatable bonds is 6. The number of halogens is 2. The number of ether oxygens (including phenoxy) is 1. The predicted molar refractivity (Wildman–Crippen MR) is 162 cm³/mol. The number of imide groups is 1. The second-order valence-corrected chi connectivity index (χ2v) is 12.3. The number of Topliss-reactive ketones (excluding diaryl/α,β-unsaturated/α-hetero) is 1. The van der Waals surface area contributed by atoms with Gasteiger partial charge >= 0.3 is 5.97 Å². The summed E-state index contributed by atoms with van der Waals surface area (Å²) in [5, 5.41) is 0. The van der Waals surface area contributed by atoms with Crippen LogP contribution in [0.5, 0.6) is 0 Å². The quantitative estimate of drug-likeness (QED) is 0.106. The molecular weight excluding hydrogens is 585 g/mol. The second kappa shape index (κ2) is 9.90. The molecule has 0 unspecified atom stereocenters. The first-order chi connectivity index (χ1) is 20.7. The number of esters is 1. The topological polar surface area (TPSA) is 80.8 Å². The average Bonchev–Trinajstić information content (AvgIpc) is 3.33. The highest BCUT2D eigenvalue weighted by atomic mass is 35.5. The van der Waals surface area contributed by atoms with Crippen molar-refractivity contribution in [3.05, 3.63) is 137 Å². The number of amides is 2. The highest BCUT2D eigenvalue weighted by Gasteiger charge is 2.73. The van der Waals surface area contributed by atoms with Crippen LogP contribution < -0.4 is 4.90 Å². The van der Waals surface area contributed by atoms with E-state index in [4.69, 9.17) is 27.9 Å². The molecule has 1 saturated heterocycles. The first-order valence-electron chi connectivity index (χ1n) is 14.1. The Bertz CT molecular complexity index is 1700. The number of nitrogens with zero attached hydrogens (tertiary/aromatic N) is 1. The smallest absolute Gasteiger partial charge is 0.338 e. The van der Waals surface area contributed by atoms with Crippen molar-refractivity contribution in [2.45, 2.75) is 29.2 Å². The van der Waals surface area contributed by atoms with Crippen LogP contribution in [0.25, 0.3) is 0 Å². The van der Waals surface area contributed by atoms with Gasteiger partial charge in [0, 0.05) is 5.56 Å². The molecule has 4 aliphatic rings. The summed E-state index contributed by atoms with van der Waals surface area (Å²) in [6, 6.07) is 29.6. The standard InChI is InChI=1S/C35H25Cl2NO5/c1-2-27(30(39)20-10-4-3-5-11-20)43-33(42)21-16-18-22(19-17-21)38-31(40)28-29(32(38)41)35(37)24-13-7-6-12-23(24)34(28,36)25-14-8-9-15-26(25)35/h3-19,27-29H,2H2,1H3/t27-,28-,29-,34?,35?/m0/s1. The number of hydrogen-bond acceptors (Lipinski definition) is 5. The van der Waals surface area contributed by atoms with Crippen LogP contribution in [0.2, 0.25) is 0 Å². The molecule has 214 valence electrons. The van der Waals surface area contributed by atoms with Gasteiger partial charge in [-0.05, 0) is 52.9 Å². The largest absolute Gasteiger partial charge is 0.450 e. The highest BCUT2D eigenvalue weighted by molar-refractivity contribution is 6.38. The zero-order valence-electron chi connectivity index (χ0n) is 23.0. The van der Waals surface area contributed by atoms with Gasteiger partial charge in [0.2, 0.25) is 17.6 Å². The maximum atomic E-state index is 14.2. The van der Waals surface area contributed by atoms with Crippen LogP contribution in [0.15, 0.2) is 103 Å². The third-order valence-electron chi connectivity index (χ3n) is 8.92. The predicted octanol–water partition coefficient (Wildman–Crippen LogP) is 6.60. The van der Waals surface area contributed by atoms with Crippen molar-refractivity contribution in [1.29, 1.82) is 0 Å². The van der Waals surface area contributed by atoms with Gasteiger partial charge in [-0.1, -0.05) is 85.8 Å². The Hall–Kier alpha value is -4.26. The van der Waals surface area contributed by atoms with E-state index in [0.717, 1.165) is 27.2 Å². The minimum Gasteiger partial charge on any atom is -0.450 e. The third kappa shape index (κ3) is 3.73. The summed E-state index contributed by atoms with van der Waals surface area (Å²) in [5.41, 5.74) is 3.83. The van der Waals surface area contributed by atoms with Gasteiger partial charge in [-0.3, -0.25) is 14.4 Å². The Balaban J connectivity index is 1.20. The fourth-order valence-corrected chi connectivity index (χ4v) is 8.07. The van der Waals surface area contributed by atoms with Crippen molar-refractivity contribution in [3.8, 4) is 0 Å². The molecule has 1 fully saturated rings. The summed E-state index contributed by atoms with van der Waals surface area (Å²) >= 11 is 15.0. The van der Waals surface area contributed by atoms with Crippen molar-refractivity contribution in [2.24, 2.45) is 11.8 Å². The second-order valence-electron chi connectivity index (χ2n) is 11.1. The molecule has 1 aliphatic heterocycles. The van der Waals surface area contributed by atoms with E-state index in [1.54, 1.807) is 37.3 Å². The molecule has 0 spiro atoms. The first-order valence-corrected chi connectivity index (χ1v) is 14.8. The number of carbonyl (C=O) groups excluding carboxylic acids is 4. The minimum atomic E-state index is -1.28. The van der Waals surface area contributed by atoms with Crippen molar-refractivity contribution < 1.29 is 23.9 Å². The van der Waals surface area contributed by atoms with Crippen LogP contribution >= 0.6 is 23.2 Å². The lowest BCUT2D eigenvalue weighted by molar-refractivity contribution is -0.122. The third-order valence-corrected chi connectivity index (χ3v) is 10.2. The zero-order valence-corrected chi connectivity index (χ0v) is 24.5. The number of carbonyl (C=O) groups is 4. The van der Waals surface area contributed by atoms with Crippen molar-refractivity contribution in [2.75, 3.05) is 4.90 Å². The normalized spacial score (nSPS) is 25.5. The maximum absolute atomic E-state index is 14.2. The zero-order chi connectivity index (χ0) is 30.1. The number of hydrogen-bond donors (Lipinski definition) is 0. The van der Waals surface area contributed by atoms with E-state index in [2.05, 4.69) is 0 Å². The van der Waals surface area contributed by atoms with Gasteiger partial charge in [0.1, 0.15) is 9.75 Å². The Labute approximate surface area is 258 Å². The van der Waals surface area contributed by atoms with E-state index < -0.39 is 45.5 Å². The van der Waals surface area contributed by atoms with Crippen molar-refractivity contribution in [1.82, 2.24) is 0 Å². The molecule has 43 heavy (non-hydrogen) atoms. The van der Waals surface area contributed by atoms with E-state index in [1.165, 1.54) is 24.3 Å². The summed E-state index contributed by atoms with van der Waals surface area (Å²) in [5.74, 6) is -3.72. The van der Waals surface area contributed by atoms with Gasteiger partial charge in [-0.2, -0.15) is 0 Å². The summed E-state index contributed by atoms with van der Waals surface area (Å²) < 4.78 is 5.55. The lowest BCUT2D eigenvalue weighted by atomic mass is 9.54. The number of ketones is 1. The van der Waals surface area contributed by atoms with Gasteiger partial charge in [-0.15, -0.1) is 23.2 Å². The minimum absolute atomic E-state index is 0.182. The van der Waals surface area contributed by atoms with Gasteiger partial charge < -0.3 is 4.74 Å². The molecule has 8 heteroatoms. The molecule has 0 radical (unpaired) electrons. The SMILES string of the molecule is CC[C@H](OC(=O)c1ccc(N2C(=O)[C@@H]3[C@@H](C2=O)C2(Cl)c4ccccc4C3(Cl)c3ccccc32)cc1)C(=O)c1ccccc1. The molecule has 0 aromatic heterocycles. The molecule has 4 aromatic rings. The van der Waals surface area contributed by atoms with Gasteiger partial charge in [-0.25, -0.2) is 9.69 Å². The fourth-order valence-electron chi connectivity index (χ4n) is 6.98. The fraction of sp³-hybridized carbons (Fsp3) is 0.200. The molecule has 0 N–H and O–H groups in total. The molecule has 8 rings (SSSR count). The molecule has 1 heterocycles. The number of anilines is 1. The lowest BCUT2D eigenvalue weighted by Gasteiger charge is -2.54. The molecule has 0 saturated carbocycles. The van der Waals surface area contributed by atoms with Crippen LogP contribution in [0.1, 0.15) is 56.3 Å². The maximum Gasteiger partial charge on any atom is 0.338 e. The van der Waals surface area contributed by atoms with E-state index in [-0.39, 0.29) is 11.3 Å². The molecular formula is C35H25Cl2NO5. The highest BCUT2D eigenvalue weighted by Crippen LogP contribution is 2.69. The Morgan fingerprint density at radius 1 is 0.698 bits per heavy atom. The van der Waals surface area contributed by atoms with E-state index in [9.17, 15) is 19.2 Å². The van der Waals surface area contributed by atoms with Crippen LogP contribution in [0.3, 0.4) is 0 Å². The summed E-state index contributed by atoms with van der Waals surface area (Å²) in [4.78, 5) is 52.7.